The molecule has 1 saturated carbocycles. The Morgan fingerprint density at radius 3 is 2.55 bits per heavy atom. The van der Waals surface area contributed by atoms with Crippen LogP contribution in [0.25, 0.3) is 0 Å². The number of amides is 1. The molecule has 1 N–H and O–H groups in total. The molecule has 1 aromatic rings. The van der Waals surface area contributed by atoms with Crippen molar-refractivity contribution in [3.05, 3.63) is 29.3 Å². The summed E-state index contributed by atoms with van der Waals surface area (Å²) in [7, 11) is 0. The van der Waals surface area contributed by atoms with Crippen molar-refractivity contribution in [3.63, 3.8) is 0 Å². The number of rotatable bonds is 5. The van der Waals surface area contributed by atoms with Gasteiger partial charge in [0.25, 0.3) is 11.6 Å². The molecule has 3 rings (SSSR count). The van der Waals surface area contributed by atoms with E-state index < -0.39 is 30.3 Å². The largest absolute Gasteiger partial charge is 0.484 e. The number of fused-ring (bicyclic) bond motifs is 1. The molecule has 1 amide bonds. The van der Waals surface area contributed by atoms with Crippen molar-refractivity contribution in [2.75, 3.05) is 6.61 Å². The molecule has 0 saturated heterocycles. The third-order valence-corrected chi connectivity index (χ3v) is 7.22. The Balaban J connectivity index is 1.83. The van der Waals surface area contributed by atoms with Crippen LogP contribution in [0.2, 0.25) is 0 Å². The molecule has 5 nitrogen and oxygen atoms in total. The monoisotopic (exact) mass is 440 g/mol. The number of carbonyl (C=O) groups is 1. The van der Waals surface area contributed by atoms with Crippen molar-refractivity contribution in [3.8, 4) is 5.75 Å². The van der Waals surface area contributed by atoms with Crippen LogP contribution in [0.5, 0.6) is 5.75 Å². The summed E-state index contributed by atoms with van der Waals surface area (Å²) in [5.41, 5.74) is -1.31. The maximum atomic E-state index is 14.1. The number of aryl methyl sites for hydroxylation is 2. The second-order valence-corrected chi connectivity index (χ2v) is 9.42. The van der Waals surface area contributed by atoms with E-state index in [2.05, 4.69) is 5.10 Å². The highest BCUT2D eigenvalue weighted by Gasteiger charge is 2.69. The minimum absolute atomic E-state index is 0.00263. The average molecular weight is 441 g/mol. The number of hydrazone groups is 1. The van der Waals surface area contributed by atoms with Gasteiger partial charge in [0.15, 0.2) is 6.61 Å². The fourth-order valence-corrected chi connectivity index (χ4v) is 4.48. The topological polar surface area (TPSA) is 62.1 Å². The summed E-state index contributed by atoms with van der Waals surface area (Å²) in [6, 6.07) is 5.17. The summed E-state index contributed by atoms with van der Waals surface area (Å²) in [6.07, 6.45) is -3.08. The Bertz CT molecular complexity index is 881. The molecule has 31 heavy (non-hydrogen) atoms. The molecule has 1 fully saturated rings. The number of carbonyl (C=O) groups excluding carboxylic acids is 1. The van der Waals surface area contributed by atoms with E-state index in [1.54, 1.807) is 12.1 Å². The Morgan fingerprint density at radius 2 is 1.97 bits per heavy atom. The molecule has 172 valence electrons. The Morgan fingerprint density at radius 1 is 1.29 bits per heavy atom. The number of hydrogen-bond acceptors (Lipinski definition) is 4. The van der Waals surface area contributed by atoms with Crippen LogP contribution in [0.3, 0.4) is 0 Å². The first-order chi connectivity index (χ1) is 14.3. The minimum Gasteiger partial charge on any atom is -0.484 e. The van der Waals surface area contributed by atoms with E-state index in [1.807, 2.05) is 40.7 Å². The van der Waals surface area contributed by atoms with Gasteiger partial charge in [0.2, 0.25) is 0 Å². The standard InChI is InChI=1S/C23H31F3N2O3/c1-6-21(4,5)16-8-10-19-18(12-16)22(30,23(24,25)26)28(27-19)20(29)13-31-17-9-7-14(2)15(3)11-17/h7,9,11,16,18,30H,6,8,10,12-13H2,1-5H3/t16-,18-,22+/m1/s1. The normalized spacial score (nSPS) is 26.5. The Labute approximate surface area is 181 Å². The fourth-order valence-electron chi connectivity index (χ4n) is 4.48. The van der Waals surface area contributed by atoms with Gasteiger partial charge in [0.1, 0.15) is 5.75 Å². The van der Waals surface area contributed by atoms with E-state index >= 15 is 0 Å². The van der Waals surface area contributed by atoms with Gasteiger partial charge in [-0.1, -0.05) is 33.3 Å². The van der Waals surface area contributed by atoms with Crippen LogP contribution in [0.4, 0.5) is 13.2 Å². The highest BCUT2D eigenvalue weighted by molar-refractivity contribution is 5.93. The van der Waals surface area contributed by atoms with Gasteiger partial charge in [-0.3, -0.25) is 4.79 Å². The third kappa shape index (κ3) is 4.19. The van der Waals surface area contributed by atoms with Crippen LogP contribution in [-0.4, -0.2) is 40.2 Å². The van der Waals surface area contributed by atoms with Gasteiger partial charge < -0.3 is 9.84 Å². The highest BCUT2D eigenvalue weighted by atomic mass is 19.4. The zero-order chi connectivity index (χ0) is 23.2. The highest BCUT2D eigenvalue weighted by Crippen LogP contribution is 2.52. The predicted octanol–water partition coefficient (Wildman–Crippen LogP) is 4.98. The van der Waals surface area contributed by atoms with Gasteiger partial charge in [0.05, 0.1) is 5.92 Å². The average Bonchev–Trinajstić information content (AvgIpc) is 3.02. The number of benzene rings is 1. The summed E-state index contributed by atoms with van der Waals surface area (Å²) in [5.74, 6) is -1.91. The van der Waals surface area contributed by atoms with Crippen molar-refractivity contribution in [1.29, 1.82) is 0 Å². The summed E-state index contributed by atoms with van der Waals surface area (Å²) in [4.78, 5) is 12.7. The van der Waals surface area contributed by atoms with Crippen molar-refractivity contribution in [1.82, 2.24) is 5.01 Å². The SMILES string of the molecule is CCC(C)(C)[C@@H]1CCC2=NN(C(=O)COc3ccc(C)c(C)c3)[C@@](O)(C(F)(F)F)[C@@H]2C1. The van der Waals surface area contributed by atoms with Gasteiger partial charge in [-0.15, -0.1) is 0 Å². The number of alkyl halides is 3. The van der Waals surface area contributed by atoms with Crippen LogP contribution >= 0.6 is 0 Å². The second kappa shape index (κ2) is 8.11. The van der Waals surface area contributed by atoms with Gasteiger partial charge in [0, 0.05) is 5.71 Å². The molecule has 1 heterocycles. The van der Waals surface area contributed by atoms with Crippen LogP contribution in [0, 0.1) is 31.1 Å². The van der Waals surface area contributed by atoms with E-state index in [4.69, 9.17) is 4.74 Å². The van der Waals surface area contributed by atoms with E-state index in [9.17, 15) is 23.1 Å². The van der Waals surface area contributed by atoms with E-state index in [0.717, 1.165) is 17.5 Å². The van der Waals surface area contributed by atoms with Crippen LogP contribution in [0.15, 0.2) is 23.3 Å². The lowest BCUT2D eigenvalue weighted by atomic mass is 9.64. The quantitative estimate of drug-likeness (QED) is 0.702. The molecule has 0 unspecified atom stereocenters. The lowest BCUT2D eigenvalue weighted by molar-refractivity contribution is -0.318. The van der Waals surface area contributed by atoms with E-state index in [0.29, 0.717) is 18.6 Å². The number of halogens is 3. The molecular weight excluding hydrogens is 409 g/mol. The molecule has 0 spiro atoms. The second-order valence-electron chi connectivity index (χ2n) is 9.42. The minimum atomic E-state index is -5.04. The summed E-state index contributed by atoms with van der Waals surface area (Å²) >= 11 is 0. The van der Waals surface area contributed by atoms with Crippen molar-refractivity contribution < 1.29 is 27.8 Å². The Kier molecular flexibility index (Phi) is 6.17. The number of nitrogens with zero attached hydrogens (tertiary/aromatic N) is 2. The van der Waals surface area contributed by atoms with Crippen LogP contribution in [-0.2, 0) is 4.79 Å². The first kappa shape index (κ1) is 23.6. The van der Waals surface area contributed by atoms with Crippen molar-refractivity contribution in [2.45, 2.75) is 72.2 Å². The maximum Gasteiger partial charge on any atom is 0.439 e. The molecule has 8 heteroatoms. The molecule has 1 aromatic carbocycles. The number of ether oxygens (including phenoxy) is 1. The van der Waals surface area contributed by atoms with E-state index in [-0.39, 0.29) is 28.5 Å². The molecule has 0 radical (unpaired) electrons. The first-order valence-corrected chi connectivity index (χ1v) is 10.7. The lowest BCUT2D eigenvalue weighted by Crippen LogP contribution is -2.62. The third-order valence-electron chi connectivity index (χ3n) is 7.22. The predicted molar refractivity (Wildman–Crippen MR) is 112 cm³/mol. The summed E-state index contributed by atoms with van der Waals surface area (Å²) < 4.78 is 47.8. The molecule has 0 bridgehead atoms. The van der Waals surface area contributed by atoms with Gasteiger partial charge in [-0.2, -0.15) is 23.3 Å². The van der Waals surface area contributed by atoms with Crippen molar-refractivity contribution >= 4 is 11.6 Å². The zero-order valence-corrected chi connectivity index (χ0v) is 18.7. The summed E-state index contributed by atoms with van der Waals surface area (Å²) in [5, 5.41) is 15.1. The van der Waals surface area contributed by atoms with E-state index in [1.165, 1.54) is 0 Å². The molecule has 1 aliphatic carbocycles. The Hall–Kier alpha value is -2.09. The smallest absolute Gasteiger partial charge is 0.439 e. The maximum absolute atomic E-state index is 14.1. The van der Waals surface area contributed by atoms with Gasteiger partial charge in [-0.05, 0) is 67.7 Å². The number of hydrogen-bond donors (Lipinski definition) is 1. The fraction of sp³-hybridized carbons (Fsp3) is 0.652. The molecule has 2 aliphatic rings. The number of aliphatic hydroxyl groups is 1. The first-order valence-electron chi connectivity index (χ1n) is 10.7. The zero-order valence-electron chi connectivity index (χ0n) is 18.7. The van der Waals surface area contributed by atoms with Gasteiger partial charge in [-0.25, -0.2) is 0 Å². The molecule has 3 atom stereocenters. The van der Waals surface area contributed by atoms with Crippen LogP contribution in [0.1, 0.15) is 57.6 Å². The molecular formula is C23H31F3N2O3. The molecule has 1 aliphatic heterocycles. The van der Waals surface area contributed by atoms with Crippen molar-refractivity contribution in [2.24, 2.45) is 22.4 Å². The van der Waals surface area contributed by atoms with Gasteiger partial charge >= 0.3 is 6.18 Å². The lowest BCUT2D eigenvalue weighted by Gasteiger charge is -2.43. The molecule has 0 aromatic heterocycles. The van der Waals surface area contributed by atoms with Crippen LogP contribution < -0.4 is 4.74 Å². The summed E-state index contributed by atoms with van der Waals surface area (Å²) in [6.45, 7) is 9.21.